The van der Waals surface area contributed by atoms with Gasteiger partial charge in [-0.3, -0.25) is 9.78 Å². The molecule has 2 heterocycles. The van der Waals surface area contributed by atoms with Crippen LogP contribution in [0, 0.1) is 0 Å². The molecule has 1 aliphatic rings. The van der Waals surface area contributed by atoms with Crippen molar-refractivity contribution in [3.05, 3.63) is 28.5 Å². The lowest BCUT2D eigenvalue weighted by Crippen LogP contribution is -2.28. The van der Waals surface area contributed by atoms with E-state index < -0.39 is 0 Å². The van der Waals surface area contributed by atoms with Crippen molar-refractivity contribution < 1.29 is 4.79 Å². The molecule has 80 valence electrons. The van der Waals surface area contributed by atoms with E-state index in [1.807, 2.05) is 17.2 Å². The number of carbonyl (C=O) groups excluding carboxylic acids is 1. The van der Waals surface area contributed by atoms with Crippen molar-refractivity contribution in [2.45, 2.75) is 25.8 Å². The Hall–Kier alpha value is -0.900. The Balaban J connectivity index is 2.26. The van der Waals surface area contributed by atoms with E-state index >= 15 is 0 Å². The van der Waals surface area contributed by atoms with Crippen LogP contribution in [0.2, 0.25) is 0 Å². The molecule has 0 bridgehead atoms. The highest BCUT2D eigenvalue weighted by atomic mass is 79.9. The number of carbonyl (C=O) groups is 1. The average molecular weight is 269 g/mol. The number of likely N-dealkylation sites (tertiary alicyclic amines) is 1. The summed E-state index contributed by atoms with van der Waals surface area (Å²) in [5, 5.41) is 0. The number of nitrogens with zero attached hydrogens (tertiary/aromatic N) is 2. The summed E-state index contributed by atoms with van der Waals surface area (Å²) in [4.78, 5) is 17.5. The van der Waals surface area contributed by atoms with Gasteiger partial charge in [0.2, 0.25) is 5.91 Å². The third kappa shape index (κ3) is 2.20. The van der Waals surface area contributed by atoms with Crippen molar-refractivity contribution in [1.29, 1.82) is 0 Å². The third-order valence-corrected chi connectivity index (χ3v) is 3.20. The lowest BCUT2D eigenvalue weighted by Gasteiger charge is -2.23. The summed E-state index contributed by atoms with van der Waals surface area (Å²) in [5.41, 5.74) is 1.12. The first-order valence-electron chi connectivity index (χ1n) is 5.06. The lowest BCUT2D eigenvalue weighted by molar-refractivity contribution is -0.129. The molecule has 0 N–H and O–H groups in total. The SMILES string of the molecule is CC(=O)N1CCCC1c1cncc(Br)c1. The molecule has 1 atom stereocenters. The van der Waals surface area contributed by atoms with Crippen LogP contribution in [0.4, 0.5) is 0 Å². The fraction of sp³-hybridized carbons (Fsp3) is 0.455. The summed E-state index contributed by atoms with van der Waals surface area (Å²) in [6.07, 6.45) is 5.72. The summed E-state index contributed by atoms with van der Waals surface area (Å²) in [6.45, 7) is 2.50. The number of hydrogen-bond donors (Lipinski definition) is 0. The van der Waals surface area contributed by atoms with Crippen LogP contribution in [0.25, 0.3) is 0 Å². The zero-order chi connectivity index (χ0) is 10.8. The molecular weight excluding hydrogens is 256 g/mol. The van der Waals surface area contributed by atoms with Gasteiger partial charge in [0.05, 0.1) is 6.04 Å². The van der Waals surface area contributed by atoms with E-state index in [1.165, 1.54) is 0 Å². The standard InChI is InChI=1S/C11H13BrN2O/c1-8(15)14-4-2-3-11(14)9-5-10(12)7-13-6-9/h5-7,11H,2-4H2,1H3. The Kier molecular flexibility index (Phi) is 3.05. The molecule has 0 aromatic carbocycles. The van der Waals surface area contributed by atoms with E-state index in [4.69, 9.17) is 0 Å². The van der Waals surface area contributed by atoms with Crippen molar-refractivity contribution in [2.75, 3.05) is 6.54 Å². The summed E-state index contributed by atoms with van der Waals surface area (Å²) in [6, 6.07) is 2.26. The van der Waals surface area contributed by atoms with Crippen molar-refractivity contribution in [1.82, 2.24) is 9.88 Å². The van der Waals surface area contributed by atoms with Crippen LogP contribution < -0.4 is 0 Å². The summed E-state index contributed by atoms with van der Waals surface area (Å²) in [5.74, 6) is 0.150. The molecule has 2 rings (SSSR count). The maximum atomic E-state index is 11.4. The predicted molar refractivity (Wildman–Crippen MR) is 61.3 cm³/mol. The van der Waals surface area contributed by atoms with Crippen LogP contribution in [0.15, 0.2) is 22.9 Å². The van der Waals surface area contributed by atoms with Gasteiger partial charge in [0.1, 0.15) is 0 Å². The van der Waals surface area contributed by atoms with Crippen molar-refractivity contribution in [3.8, 4) is 0 Å². The van der Waals surface area contributed by atoms with Gasteiger partial charge in [-0.15, -0.1) is 0 Å². The number of rotatable bonds is 1. The minimum absolute atomic E-state index is 0.150. The first-order chi connectivity index (χ1) is 7.18. The van der Waals surface area contributed by atoms with Gasteiger partial charge in [-0.05, 0) is 40.4 Å². The zero-order valence-corrected chi connectivity index (χ0v) is 10.2. The Labute approximate surface area is 97.6 Å². The van der Waals surface area contributed by atoms with Crippen LogP contribution in [-0.2, 0) is 4.79 Å². The minimum atomic E-state index is 0.150. The number of pyridine rings is 1. The third-order valence-electron chi connectivity index (χ3n) is 2.77. The van der Waals surface area contributed by atoms with Crippen LogP contribution in [0.3, 0.4) is 0 Å². The molecule has 1 amide bonds. The first-order valence-corrected chi connectivity index (χ1v) is 5.85. The number of halogens is 1. The molecule has 1 aromatic heterocycles. The van der Waals surface area contributed by atoms with E-state index in [0.717, 1.165) is 29.4 Å². The van der Waals surface area contributed by atoms with Gasteiger partial charge in [0.25, 0.3) is 0 Å². The second-order valence-corrected chi connectivity index (χ2v) is 4.72. The second-order valence-electron chi connectivity index (χ2n) is 3.81. The maximum Gasteiger partial charge on any atom is 0.219 e. The average Bonchev–Trinajstić information content (AvgIpc) is 2.65. The smallest absolute Gasteiger partial charge is 0.219 e. The zero-order valence-electron chi connectivity index (χ0n) is 8.61. The molecule has 0 aliphatic carbocycles. The molecule has 1 unspecified atom stereocenters. The van der Waals surface area contributed by atoms with Crippen LogP contribution in [-0.4, -0.2) is 22.3 Å². The summed E-state index contributed by atoms with van der Waals surface area (Å²) >= 11 is 3.40. The van der Waals surface area contributed by atoms with Gasteiger partial charge in [-0.2, -0.15) is 0 Å². The van der Waals surface area contributed by atoms with Crippen molar-refractivity contribution in [3.63, 3.8) is 0 Å². The molecule has 0 saturated carbocycles. The van der Waals surface area contributed by atoms with Gasteiger partial charge in [0.15, 0.2) is 0 Å². The van der Waals surface area contributed by atoms with Crippen molar-refractivity contribution >= 4 is 21.8 Å². The fourth-order valence-corrected chi connectivity index (χ4v) is 2.48. The molecule has 1 aromatic rings. The van der Waals surface area contributed by atoms with Crippen LogP contribution in [0.1, 0.15) is 31.4 Å². The molecule has 3 nitrogen and oxygen atoms in total. The van der Waals surface area contributed by atoms with Gasteiger partial charge < -0.3 is 4.90 Å². The summed E-state index contributed by atoms with van der Waals surface area (Å²) < 4.78 is 0.968. The largest absolute Gasteiger partial charge is 0.336 e. The maximum absolute atomic E-state index is 11.4. The van der Waals surface area contributed by atoms with E-state index in [0.29, 0.717) is 0 Å². The predicted octanol–water partition coefficient (Wildman–Crippen LogP) is 2.53. The molecule has 1 saturated heterocycles. The van der Waals surface area contributed by atoms with Gasteiger partial charge in [-0.1, -0.05) is 0 Å². The fourth-order valence-electron chi connectivity index (χ4n) is 2.10. The Morgan fingerprint density at radius 1 is 1.60 bits per heavy atom. The number of aromatic nitrogens is 1. The molecule has 15 heavy (non-hydrogen) atoms. The highest BCUT2D eigenvalue weighted by Crippen LogP contribution is 2.32. The van der Waals surface area contributed by atoms with Crippen molar-refractivity contribution in [2.24, 2.45) is 0 Å². The topological polar surface area (TPSA) is 33.2 Å². The minimum Gasteiger partial charge on any atom is -0.336 e. The summed E-state index contributed by atoms with van der Waals surface area (Å²) in [7, 11) is 0. The molecule has 1 aliphatic heterocycles. The molecular formula is C11H13BrN2O. The normalized spacial score (nSPS) is 20.7. The van der Waals surface area contributed by atoms with E-state index in [1.54, 1.807) is 13.1 Å². The highest BCUT2D eigenvalue weighted by Gasteiger charge is 2.27. The quantitative estimate of drug-likeness (QED) is 0.784. The Morgan fingerprint density at radius 3 is 3.07 bits per heavy atom. The monoisotopic (exact) mass is 268 g/mol. The molecule has 0 radical (unpaired) electrons. The van der Waals surface area contributed by atoms with E-state index in [2.05, 4.69) is 20.9 Å². The Bertz CT molecular complexity index is 381. The van der Waals surface area contributed by atoms with Gasteiger partial charge >= 0.3 is 0 Å². The van der Waals surface area contributed by atoms with E-state index in [9.17, 15) is 4.79 Å². The van der Waals surface area contributed by atoms with Crippen LogP contribution >= 0.6 is 15.9 Å². The van der Waals surface area contributed by atoms with E-state index in [-0.39, 0.29) is 11.9 Å². The van der Waals surface area contributed by atoms with Gasteiger partial charge in [0, 0.05) is 30.3 Å². The van der Waals surface area contributed by atoms with Crippen LogP contribution in [0.5, 0.6) is 0 Å². The molecule has 4 heteroatoms. The lowest BCUT2D eigenvalue weighted by atomic mass is 10.1. The molecule has 0 spiro atoms. The highest BCUT2D eigenvalue weighted by molar-refractivity contribution is 9.10. The first kappa shape index (κ1) is 10.6. The second kappa shape index (κ2) is 4.31. The number of hydrogen-bond acceptors (Lipinski definition) is 2. The van der Waals surface area contributed by atoms with Gasteiger partial charge in [-0.25, -0.2) is 0 Å². The Morgan fingerprint density at radius 2 is 2.40 bits per heavy atom. The molecule has 1 fully saturated rings. The number of amides is 1.